The fourth-order valence-electron chi connectivity index (χ4n) is 7.32. The standard InChI is InChI=1S/C41H40Br2S4/c1-3-5-7-9-23-41(24-10-8-6-4-2)31-25-27(33-15-17-35(44-33)37-19-21-39(42)46-37)11-13-29(31)30-14-12-28(26-32(30)41)34-16-18-36(45-34)38-20-22-40(43)47-38/h11-22,25-26H,3-10,23-24H2,1-2H3. The van der Waals surface area contributed by atoms with Gasteiger partial charge in [0.05, 0.1) is 7.57 Å². The highest BCUT2D eigenvalue weighted by molar-refractivity contribution is 9.11. The van der Waals surface area contributed by atoms with Crippen LogP contribution in [0.3, 0.4) is 0 Å². The highest BCUT2D eigenvalue weighted by Gasteiger charge is 2.42. The van der Waals surface area contributed by atoms with Gasteiger partial charge in [0.15, 0.2) is 0 Å². The largest absolute Gasteiger partial charge is 0.134 e. The second kappa shape index (κ2) is 15.0. The zero-order valence-corrected chi connectivity index (χ0v) is 33.5. The Morgan fingerprint density at radius 2 is 0.851 bits per heavy atom. The molecule has 1 aliphatic rings. The van der Waals surface area contributed by atoms with Gasteiger partial charge in [0.25, 0.3) is 0 Å². The maximum absolute atomic E-state index is 3.66. The van der Waals surface area contributed by atoms with Gasteiger partial charge < -0.3 is 0 Å². The van der Waals surface area contributed by atoms with Crippen LogP contribution in [0.25, 0.3) is 51.5 Å². The van der Waals surface area contributed by atoms with Crippen LogP contribution < -0.4 is 0 Å². The molecule has 0 saturated heterocycles. The molecule has 6 aromatic rings. The van der Waals surface area contributed by atoms with E-state index in [1.807, 2.05) is 45.3 Å². The number of benzene rings is 2. The van der Waals surface area contributed by atoms with E-state index in [0.29, 0.717) is 0 Å². The van der Waals surface area contributed by atoms with Crippen LogP contribution in [0.15, 0.2) is 92.5 Å². The van der Waals surface area contributed by atoms with E-state index in [1.54, 1.807) is 11.1 Å². The molecule has 2 aromatic carbocycles. The molecule has 4 heterocycles. The van der Waals surface area contributed by atoms with E-state index in [4.69, 9.17) is 0 Å². The molecule has 4 aromatic heterocycles. The second-order valence-electron chi connectivity index (χ2n) is 12.8. The molecule has 0 spiro atoms. The van der Waals surface area contributed by atoms with Crippen LogP contribution in [-0.4, -0.2) is 0 Å². The third-order valence-corrected chi connectivity index (χ3v) is 15.6. The van der Waals surface area contributed by atoms with E-state index < -0.39 is 0 Å². The van der Waals surface area contributed by atoms with Gasteiger partial charge in [0.2, 0.25) is 0 Å². The lowest BCUT2D eigenvalue weighted by atomic mass is 9.70. The van der Waals surface area contributed by atoms with E-state index >= 15 is 0 Å². The molecule has 7 rings (SSSR count). The molecule has 47 heavy (non-hydrogen) atoms. The predicted molar refractivity (Wildman–Crippen MR) is 219 cm³/mol. The van der Waals surface area contributed by atoms with Crippen molar-refractivity contribution in [1.29, 1.82) is 0 Å². The Labute approximate surface area is 313 Å². The molecular formula is C41H40Br2S4. The maximum Gasteiger partial charge on any atom is 0.0705 e. The summed E-state index contributed by atoms with van der Waals surface area (Å²) in [6.45, 7) is 4.65. The van der Waals surface area contributed by atoms with Crippen molar-refractivity contribution in [2.24, 2.45) is 0 Å². The Hall–Kier alpha value is -1.80. The summed E-state index contributed by atoms with van der Waals surface area (Å²) in [7, 11) is 0. The van der Waals surface area contributed by atoms with Crippen LogP contribution >= 0.6 is 77.2 Å². The molecule has 0 bridgehead atoms. The van der Waals surface area contributed by atoms with Gasteiger partial charge in [-0.1, -0.05) is 89.5 Å². The molecule has 1 aliphatic carbocycles. The third kappa shape index (κ3) is 6.98. The number of rotatable bonds is 14. The van der Waals surface area contributed by atoms with E-state index in [-0.39, 0.29) is 5.41 Å². The molecule has 0 aliphatic heterocycles. The SMILES string of the molecule is CCCCCCC1(CCCCCC)c2cc(-c3ccc(-c4ccc(Br)s4)s3)ccc2-c2ccc(-c3ccc(-c4ccc(Br)s4)s3)cc21. The average molecular weight is 821 g/mol. The first kappa shape index (κ1) is 33.7. The fourth-order valence-corrected chi connectivity index (χ4v) is 12.3. The maximum atomic E-state index is 3.66. The van der Waals surface area contributed by atoms with Crippen molar-refractivity contribution in [3.63, 3.8) is 0 Å². The lowest BCUT2D eigenvalue weighted by molar-refractivity contribution is 0.401. The number of hydrogen-bond acceptors (Lipinski definition) is 4. The first-order valence-corrected chi connectivity index (χ1v) is 21.9. The molecule has 0 nitrogen and oxygen atoms in total. The molecular weight excluding hydrogens is 781 g/mol. The molecule has 0 radical (unpaired) electrons. The van der Waals surface area contributed by atoms with Crippen molar-refractivity contribution in [1.82, 2.24) is 0 Å². The lowest BCUT2D eigenvalue weighted by Gasteiger charge is -2.33. The van der Waals surface area contributed by atoms with Crippen LogP contribution in [0, 0.1) is 0 Å². The normalized spacial score (nSPS) is 13.3. The molecule has 0 N–H and O–H groups in total. The summed E-state index contributed by atoms with van der Waals surface area (Å²) in [6.07, 6.45) is 12.8. The third-order valence-electron chi connectivity index (χ3n) is 9.69. The second-order valence-corrected chi connectivity index (χ2v) is 19.9. The Balaban J connectivity index is 1.31. The van der Waals surface area contributed by atoms with Gasteiger partial charge in [-0.2, -0.15) is 0 Å². The van der Waals surface area contributed by atoms with Crippen molar-refractivity contribution in [3.05, 3.63) is 104 Å². The zero-order valence-electron chi connectivity index (χ0n) is 27.0. The number of halogens is 2. The van der Waals surface area contributed by atoms with Crippen molar-refractivity contribution in [2.75, 3.05) is 0 Å². The van der Waals surface area contributed by atoms with Crippen LogP contribution in [0.4, 0.5) is 0 Å². The van der Waals surface area contributed by atoms with Crippen molar-refractivity contribution in [2.45, 2.75) is 83.5 Å². The van der Waals surface area contributed by atoms with Crippen LogP contribution in [0.1, 0.15) is 89.2 Å². The minimum absolute atomic E-state index is 0.0512. The highest BCUT2D eigenvalue weighted by atomic mass is 79.9. The van der Waals surface area contributed by atoms with Crippen LogP contribution in [-0.2, 0) is 5.41 Å². The minimum Gasteiger partial charge on any atom is -0.134 e. The topological polar surface area (TPSA) is 0 Å². The summed E-state index contributed by atoms with van der Waals surface area (Å²) in [5.74, 6) is 0. The molecule has 0 amide bonds. The first-order valence-electron chi connectivity index (χ1n) is 17.0. The number of fused-ring (bicyclic) bond motifs is 3. The van der Waals surface area contributed by atoms with Gasteiger partial charge >= 0.3 is 0 Å². The van der Waals surface area contributed by atoms with E-state index in [1.165, 1.54) is 123 Å². The summed E-state index contributed by atoms with van der Waals surface area (Å²) in [4.78, 5) is 8.08. The lowest BCUT2D eigenvalue weighted by Crippen LogP contribution is -2.25. The van der Waals surface area contributed by atoms with Gasteiger partial charge in [-0.15, -0.1) is 45.3 Å². The Morgan fingerprint density at radius 1 is 0.447 bits per heavy atom. The van der Waals surface area contributed by atoms with Crippen LogP contribution in [0.5, 0.6) is 0 Å². The van der Waals surface area contributed by atoms with Crippen molar-refractivity contribution >= 4 is 77.2 Å². The monoisotopic (exact) mass is 818 g/mol. The van der Waals surface area contributed by atoms with Gasteiger partial charge in [-0.3, -0.25) is 0 Å². The van der Waals surface area contributed by atoms with E-state index in [0.717, 1.165) is 0 Å². The summed E-state index contributed by atoms with van der Waals surface area (Å²) >= 11 is 14.8. The quantitative estimate of drug-likeness (QED) is 0.0961. The predicted octanol–water partition coefficient (Wildman–Crippen LogP) is 16.3. The van der Waals surface area contributed by atoms with Gasteiger partial charge in [0.1, 0.15) is 0 Å². The summed E-state index contributed by atoms with van der Waals surface area (Å²) in [5.41, 5.74) is 8.82. The van der Waals surface area contributed by atoms with Crippen LogP contribution in [0.2, 0.25) is 0 Å². The smallest absolute Gasteiger partial charge is 0.0705 e. The molecule has 0 saturated carbocycles. The summed E-state index contributed by atoms with van der Waals surface area (Å²) < 4.78 is 2.37. The fraction of sp³-hybridized carbons (Fsp3) is 0.317. The Bertz CT molecular complexity index is 1830. The molecule has 0 unspecified atom stereocenters. The molecule has 6 heteroatoms. The van der Waals surface area contributed by atoms with Gasteiger partial charge in [0, 0.05) is 34.7 Å². The number of thiophene rings is 4. The molecule has 0 fully saturated rings. The summed E-state index contributed by atoms with van der Waals surface area (Å²) in [6, 6.07) is 32.9. The van der Waals surface area contributed by atoms with E-state index in [9.17, 15) is 0 Å². The van der Waals surface area contributed by atoms with Crippen molar-refractivity contribution < 1.29 is 0 Å². The minimum atomic E-state index is 0.0512. The molecule has 0 atom stereocenters. The number of hydrogen-bond donors (Lipinski definition) is 0. The van der Waals surface area contributed by atoms with Gasteiger partial charge in [-0.05, 0) is 139 Å². The average Bonchev–Trinajstić information content (AvgIpc) is 3.93. The van der Waals surface area contributed by atoms with E-state index in [2.05, 4.69) is 131 Å². The van der Waals surface area contributed by atoms with Crippen molar-refractivity contribution in [3.8, 4) is 51.5 Å². The van der Waals surface area contributed by atoms with Gasteiger partial charge in [-0.25, -0.2) is 0 Å². The first-order chi connectivity index (χ1) is 23.0. The Morgan fingerprint density at radius 3 is 1.26 bits per heavy atom. The molecule has 242 valence electrons. The highest BCUT2D eigenvalue weighted by Crippen LogP contribution is 2.56. The summed E-state index contributed by atoms with van der Waals surface area (Å²) in [5, 5.41) is 0. The number of unbranched alkanes of at least 4 members (excludes halogenated alkanes) is 6. The Kier molecular flexibility index (Phi) is 10.7. The zero-order chi connectivity index (χ0) is 32.4.